The molecule has 0 aromatic heterocycles. The molecule has 0 spiro atoms. The maximum absolute atomic E-state index is 12.9. The van der Waals surface area contributed by atoms with Crippen LogP contribution in [-0.2, 0) is 14.4 Å². The quantitative estimate of drug-likeness (QED) is 0.695. The highest BCUT2D eigenvalue weighted by Gasteiger charge is 2.36. The van der Waals surface area contributed by atoms with Gasteiger partial charge in [0.05, 0.1) is 17.8 Å². The van der Waals surface area contributed by atoms with Gasteiger partial charge in [-0.2, -0.15) is 0 Å². The summed E-state index contributed by atoms with van der Waals surface area (Å²) in [6, 6.07) is 18.6. The van der Waals surface area contributed by atoms with Crippen molar-refractivity contribution in [2.24, 2.45) is 11.8 Å². The van der Waals surface area contributed by atoms with Gasteiger partial charge in [0.25, 0.3) is 0 Å². The summed E-state index contributed by atoms with van der Waals surface area (Å²) in [5, 5.41) is 9.35. The van der Waals surface area contributed by atoms with E-state index in [0.717, 1.165) is 24.0 Å². The smallest absolute Gasteiger partial charge is 0.307 e. The van der Waals surface area contributed by atoms with Gasteiger partial charge in [-0.3, -0.25) is 25.2 Å². The summed E-state index contributed by atoms with van der Waals surface area (Å²) in [5.74, 6) is -3.68. The third-order valence-corrected chi connectivity index (χ3v) is 5.26. The Labute approximate surface area is 163 Å². The largest absolute Gasteiger partial charge is 0.481 e. The Hall–Kier alpha value is -3.15. The molecule has 3 N–H and O–H groups in total. The van der Waals surface area contributed by atoms with Gasteiger partial charge >= 0.3 is 5.97 Å². The minimum atomic E-state index is -0.961. The number of nitrogens with one attached hydrogen (secondary N) is 2. The first-order valence-electron chi connectivity index (χ1n) is 9.50. The Morgan fingerprint density at radius 2 is 1.29 bits per heavy atom. The molecule has 0 unspecified atom stereocenters. The number of amides is 2. The summed E-state index contributed by atoms with van der Waals surface area (Å²) >= 11 is 0. The summed E-state index contributed by atoms with van der Waals surface area (Å²) in [5.41, 5.74) is 6.57. The van der Waals surface area contributed by atoms with Crippen LogP contribution in [0.3, 0.4) is 0 Å². The third kappa shape index (κ3) is 4.57. The van der Waals surface area contributed by atoms with Crippen LogP contribution in [0.4, 0.5) is 0 Å². The zero-order valence-electron chi connectivity index (χ0n) is 15.5. The first-order chi connectivity index (χ1) is 13.6. The number of hydrogen-bond donors (Lipinski definition) is 3. The van der Waals surface area contributed by atoms with Crippen molar-refractivity contribution in [2.45, 2.75) is 31.6 Å². The number of carboxylic acids is 1. The van der Waals surface area contributed by atoms with Crippen molar-refractivity contribution in [3.05, 3.63) is 71.8 Å². The molecule has 0 aliphatic heterocycles. The average molecular weight is 380 g/mol. The molecule has 2 aromatic carbocycles. The van der Waals surface area contributed by atoms with Crippen molar-refractivity contribution in [3.8, 4) is 0 Å². The predicted octanol–water partition coefficient (Wildman–Crippen LogP) is 2.86. The van der Waals surface area contributed by atoms with Crippen LogP contribution < -0.4 is 10.9 Å². The topological polar surface area (TPSA) is 95.5 Å². The molecular formula is C22H24N2O4. The molecule has 1 fully saturated rings. The average Bonchev–Trinajstić information content (AvgIpc) is 2.73. The molecule has 1 aliphatic carbocycles. The summed E-state index contributed by atoms with van der Waals surface area (Å²) in [7, 11) is 0. The molecule has 0 bridgehead atoms. The zero-order chi connectivity index (χ0) is 19.9. The van der Waals surface area contributed by atoms with E-state index in [4.69, 9.17) is 0 Å². The zero-order valence-corrected chi connectivity index (χ0v) is 15.5. The molecule has 6 heteroatoms. The van der Waals surface area contributed by atoms with E-state index in [1.54, 1.807) is 0 Å². The molecule has 6 nitrogen and oxygen atoms in total. The lowest BCUT2D eigenvalue weighted by Gasteiger charge is -2.27. The van der Waals surface area contributed by atoms with Crippen LogP contribution in [0, 0.1) is 11.8 Å². The van der Waals surface area contributed by atoms with E-state index in [0.29, 0.717) is 12.8 Å². The van der Waals surface area contributed by atoms with Crippen LogP contribution in [0.2, 0.25) is 0 Å². The molecule has 146 valence electrons. The van der Waals surface area contributed by atoms with Crippen molar-refractivity contribution >= 4 is 17.8 Å². The van der Waals surface area contributed by atoms with Crippen LogP contribution >= 0.6 is 0 Å². The van der Waals surface area contributed by atoms with Crippen molar-refractivity contribution in [3.63, 3.8) is 0 Å². The van der Waals surface area contributed by atoms with E-state index in [1.165, 1.54) is 0 Å². The first-order valence-corrected chi connectivity index (χ1v) is 9.50. The van der Waals surface area contributed by atoms with Gasteiger partial charge in [-0.1, -0.05) is 73.5 Å². The van der Waals surface area contributed by atoms with Crippen LogP contribution in [0.5, 0.6) is 0 Å². The van der Waals surface area contributed by atoms with Gasteiger partial charge in [0.1, 0.15) is 0 Å². The number of carbonyl (C=O) groups excluding carboxylic acids is 2. The lowest BCUT2D eigenvalue weighted by Crippen LogP contribution is -2.49. The second kappa shape index (κ2) is 9.17. The van der Waals surface area contributed by atoms with E-state index in [2.05, 4.69) is 10.9 Å². The van der Waals surface area contributed by atoms with Crippen molar-refractivity contribution in [1.29, 1.82) is 0 Å². The summed E-state index contributed by atoms with van der Waals surface area (Å²) in [6.45, 7) is 0. The maximum Gasteiger partial charge on any atom is 0.307 e. The van der Waals surface area contributed by atoms with Gasteiger partial charge in [-0.05, 0) is 24.0 Å². The highest BCUT2D eigenvalue weighted by Crippen LogP contribution is 2.30. The lowest BCUT2D eigenvalue weighted by atomic mass is 9.79. The Morgan fingerprint density at radius 3 is 1.79 bits per heavy atom. The Kier molecular flexibility index (Phi) is 6.42. The minimum Gasteiger partial charge on any atom is -0.481 e. The van der Waals surface area contributed by atoms with Gasteiger partial charge in [-0.25, -0.2) is 0 Å². The molecule has 0 radical (unpaired) electrons. The van der Waals surface area contributed by atoms with E-state index >= 15 is 0 Å². The number of hydrazine groups is 1. The highest BCUT2D eigenvalue weighted by atomic mass is 16.4. The fourth-order valence-corrected chi connectivity index (χ4v) is 3.81. The lowest BCUT2D eigenvalue weighted by molar-refractivity contribution is -0.149. The van der Waals surface area contributed by atoms with Crippen LogP contribution in [0.15, 0.2) is 60.7 Å². The molecule has 28 heavy (non-hydrogen) atoms. The van der Waals surface area contributed by atoms with Gasteiger partial charge in [0, 0.05) is 0 Å². The first kappa shape index (κ1) is 19.6. The van der Waals surface area contributed by atoms with E-state index in [1.807, 2.05) is 60.7 Å². The Balaban J connectivity index is 1.72. The van der Waals surface area contributed by atoms with Crippen molar-refractivity contribution in [1.82, 2.24) is 10.9 Å². The fourth-order valence-electron chi connectivity index (χ4n) is 3.81. The van der Waals surface area contributed by atoms with Crippen LogP contribution in [-0.4, -0.2) is 22.9 Å². The van der Waals surface area contributed by atoms with Crippen molar-refractivity contribution in [2.75, 3.05) is 0 Å². The molecule has 2 amide bonds. The predicted molar refractivity (Wildman–Crippen MR) is 104 cm³/mol. The van der Waals surface area contributed by atoms with Crippen LogP contribution in [0.1, 0.15) is 42.7 Å². The highest BCUT2D eigenvalue weighted by molar-refractivity contribution is 5.90. The van der Waals surface area contributed by atoms with Gasteiger partial charge in [0.2, 0.25) is 11.8 Å². The number of aliphatic carboxylic acids is 1. The molecule has 1 saturated carbocycles. The number of rotatable bonds is 5. The summed E-state index contributed by atoms with van der Waals surface area (Å²) in [6.07, 6.45) is 2.61. The minimum absolute atomic E-state index is 0.367. The molecule has 1 aliphatic rings. The second-order valence-electron chi connectivity index (χ2n) is 7.07. The standard InChI is InChI=1S/C22H24N2O4/c25-20(17-13-7-8-14-18(17)22(27)28)23-24-21(26)19(15-9-3-1-4-10-15)16-11-5-2-6-12-16/h1-6,9-12,17-19H,7-8,13-14H2,(H,23,25)(H,24,26)(H,27,28)/t17-,18-/m0/s1. The molecule has 3 rings (SSSR count). The fraction of sp³-hybridized carbons (Fsp3) is 0.318. The van der Waals surface area contributed by atoms with E-state index < -0.39 is 29.6 Å². The third-order valence-electron chi connectivity index (χ3n) is 5.26. The van der Waals surface area contributed by atoms with Gasteiger partial charge < -0.3 is 5.11 Å². The normalized spacial score (nSPS) is 19.0. The Bertz CT molecular complexity index is 783. The van der Waals surface area contributed by atoms with Gasteiger partial charge in [0.15, 0.2) is 0 Å². The summed E-state index contributed by atoms with van der Waals surface area (Å²) < 4.78 is 0. The molecule has 2 atom stereocenters. The number of benzene rings is 2. The number of carbonyl (C=O) groups is 3. The Morgan fingerprint density at radius 1 is 0.786 bits per heavy atom. The molecule has 2 aromatic rings. The summed E-state index contributed by atoms with van der Waals surface area (Å²) in [4.78, 5) is 36.8. The van der Waals surface area contributed by atoms with Gasteiger partial charge in [-0.15, -0.1) is 0 Å². The number of hydrogen-bond acceptors (Lipinski definition) is 3. The van der Waals surface area contributed by atoms with Crippen LogP contribution in [0.25, 0.3) is 0 Å². The maximum atomic E-state index is 12.9. The van der Waals surface area contributed by atoms with E-state index in [9.17, 15) is 19.5 Å². The number of carboxylic acid groups (broad SMARTS) is 1. The monoisotopic (exact) mass is 380 g/mol. The SMILES string of the molecule is O=C(NNC(=O)[C@H]1CCCC[C@@H]1C(=O)O)C(c1ccccc1)c1ccccc1. The van der Waals surface area contributed by atoms with Crippen molar-refractivity contribution < 1.29 is 19.5 Å². The molecular weight excluding hydrogens is 356 g/mol. The van der Waals surface area contributed by atoms with E-state index in [-0.39, 0.29) is 5.91 Å². The molecule has 0 heterocycles. The second-order valence-corrected chi connectivity index (χ2v) is 7.07. The molecule has 0 saturated heterocycles.